The predicted octanol–water partition coefficient (Wildman–Crippen LogP) is 0.426. The van der Waals surface area contributed by atoms with Gasteiger partial charge in [-0.05, 0) is 14.1 Å². The molecule has 0 aliphatic carbocycles. The number of nitrogens with zero attached hydrogens (tertiary/aromatic N) is 6. The average molecular weight is 262 g/mol. The molecule has 0 fully saturated rings. The number of anilines is 1. The monoisotopic (exact) mass is 262 g/mol. The topological polar surface area (TPSA) is 67.3 Å². The third kappa shape index (κ3) is 3.05. The zero-order valence-corrected chi connectivity index (χ0v) is 11.7. The molecule has 102 valence electrons. The van der Waals surface area contributed by atoms with Gasteiger partial charge in [0.15, 0.2) is 5.82 Å². The summed E-state index contributed by atoms with van der Waals surface area (Å²) in [6.45, 7) is 1.37. The van der Waals surface area contributed by atoms with Crippen LogP contribution in [0.4, 0.5) is 5.82 Å². The molecule has 2 aromatic rings. The number of aromatic nitrogens is 4. The molecule has 0 aliphatic heterocycles. The van der Waals surface area contributed by atoms with Crippen molar-refractivity contribution in [2.24, 2.45) is 0 Å². The van der Waals surface area contributed by atoms with Crippen LogP contribution in [0.2, 0.25) is 0 Å². The minimum atomic E-state index is 0.498. The maximum absolute atomic E-state index is 5.66. The highest BCUT2D eigenvalue weighted by Crippen LogP contribution is 2.27. The summed E-state index contributed by atoms with van der Waals surface area (Å²) in [5.41, 5.74) is 0. The largest absolute Gasteiger partial charge is 0.475 e. The molecule has 0 N–H and O–H groups in total. The maximum atomic E-state index is 5.66. The van der Waals surface area contributed by atoms with Gasteiger partial charge in [-0.15, -0.1) is 10.2 Å². The van der Waals surface area contributed by atoms with Gasteiger partial charge in [0, 0.05) is 20.6 Å². The van der Waals surface area contributed by atoms with E-state index in [2.05, 4.69) is 20.4 Å². The van der Waals surface area contributed by atoms with Gasteiger partial charge in [0.1, 0.15) is 6.61 Å². The SMILES string of the molecule is CN(C)CCOc1nnc(N(C)C)c2cnncc12. The Labute approximate surface area is 112 Å². The van der Waals surface area contributed by atoms with Gasteiger partial charge < -0.3 is 14.5 Å². The van der Waals surface area contributed by atoms with Crippen LogP contribution in [-0.4, -0.2) is 66.6 Å². The van der Waals surface area contributed by atoms with Crippen LogP contribution in [0.15, 0.2) is 12.4 Å². The van der Waals surface area contributed by atoms with Gasteiger partial charge in [-0.2, -0.15) is 10.2 Å². The second-order valence-corrected chi connectivity index (χ2v) is 4.69. The summed E-state index contributed by atoms with van der Waals surface area (Å²) in [4.78, 5) is 3.93. The Morgan fingerprint density at radius 3 is 2.32 bits per heavy atom. The zero-order valence-electron chi connectivity index (χ0n) is 11.7. The number of hydrogen-bond donors (Lipinski definition) is 0. The first-order valence-electron chi connectivity index (χ1n) is 6.01. The van der Waals surface area contributed by atoms with E-state index in [1.165, 1.54) is 0 Å². The van der Waals surface area contributed by atoms with E-state index in [9.17, 15) is 0 Å². The molecule has 2 aromatic heterocycles. The summed E-state index contributed by atoms with van der Waals surface area (Å²) in [7, 11) is 7.81. The van der Waals surface area contributed by atoms with E-state index in [1.54, 1.807) is 12.4 Å². The molecule has 0 spiro atoms. The smallest absolute Gasteiger partial charge is 0.243 e. The second kappa shape index (κ2) is 5.75. The molecule has 2 heterocycles. The molecule has 7 heteroatoms. The highest BCUT2D eigenvalue weighted by Gasteiger charge is 2.12. The number of rotatable bonds is 5. The highest BCUT2D eigenvalue weighted by atomic mass is 16.5. The third-order valence-corrected chi connectivity index (χ3v) is 2.64. The van der Waals surface area contributed by atoms with Gasteiger partial charge in [-0.3, -0.25) is 0 Å². The molecule has 0 bridgehead atoms. The molecule has 0 aliphatic rings. The van der Waals surface area contributed by atoms with Crippen molar-refractivity contribution in [2.45, 2.75) is 0 Å². The van der Waals surface area contributed by atoms with Crippen molar-refractivity contribution in [2.75, 3.05) is 46.2 Å². The minimum absolute atomic E-state index is 0.498. The average Bonchev–Trinajstić information content (AvgIpc) is 2.38. The normalized spacial score (nSPS) is 11.0. The predicted molar refractivity (Wildman–Crippen MR) is 73.5 cm³/mol. The van der Waals surface area contributed by atoms with Crippen LogP contribution in [-0.2, 0) is 0 Å². The molecule has 0 amide bonds. The first-order valence-corrected chi connectivity index (χ1v) is 6.01. The quantitative estimate of drug-likeness (QED) is 0.773. The molecule has 0 saturated carbocycles. The summed E-state index contributed by atoms with van der Waals surface area (Å²) < 4.78 is 5.66. The van der Waals surface area contributed by atoms with Crippen LogP contribution >= 0.6 is 0 Å². The first-order chi connectivity index (χ1) is 9.09. The van der Waals surface area contributed by atoms with Crippen LogP contribution < -0.4 is 9.64 Å². The van der Waals surface area contributed by atoms with E-state index in [-0.39, 0.29) is 0 Å². The Kier molecular flexibility index (Phi) is 4.06. The van der Waals surface area contributed by atoms with Crippen LogP contribution in [0.5, 0.6) is 5.88 Å². The molecule has 19 heavy (non-hydrogen) atoms. The molecule has 0 radical (unpaired) electrons. The van der Waals surface area contributed by atoms with E-state index < -0.39 is 0 Å². The van der Waals surface area contributed by atoms with Crippen molar-refractivity contribution in [3.63, 3.8) is 0 Å². The number of fused-ring (bicyclic) bond motifs is 1. The standard InChI is InChI=1S/C12H18N6O/c1-17(2)5-6-19-12-10-8-14-13-7-9(10)11(15-16-12)18(3)4/h7-8H,5-6H2,1-4H3. The van der Waals surface area contributed by atoms with Crippen LogP contribution in [0.1, 0.15) is 0 Å². The van der Waals surface area contributed by atoms with Crippen molar-refractivity contribution < 1.29 is 4.74 Å². The Morgan fingerprint density at radius 1 is 1.00 bits per heavy atom. The summed E-state index contributed by atoms with van der Waals surface area (Å²) in [5.74, 6) is 1.25. The summed E-state index contributed by atoms with van der Waals surface area (Å²) in [6, 6.07) is 0. The first kappa shape index (κ1) is 13.4. The Hall–Kier alpha value is -2.02. The molecule has 2 rings (SSSR count). The molecule has 0 atom stereocenters. The number of likely N-dealkylation sites (N-methyl/N-ethyl adjacent to an activating group) is 1. The van der Waals surface area contributed by atoms with Gasteiger partial charge in [0.2, 0.25) is 5.88 Å². The highest BCUT2D eigenvalue weighted by molar-refractivity contribution is 5.93. The van der Waals surface area contributed by atoms with Crippen LogP contribution in [0, 0.1) is 0 Å². The van der Waals surface area contributed by atoms with Crippen molar-refractivity contribution in [3.8, 4) is 5.88 Å². The fourth-order valence-corrected chi connectivity index (χ4v) is 1.63. The van der Waals surface area contributed by atoms with Gasteiger partial charge in [-0.25, -0.2) is 0 Å². The van der Waals surface area contributed by atoms with Gasteiger partial charge in [0.25, 0.3) is 0 Å². The van der Waals surface area contributed by atoms with E-state index in [0.717, 1.165) is 23.1 Å². The van der Waals surface area contributed by atoms with Crippen molar-refractivity contribution in [1.29, 1.82) is 0 Å². The fraction of sp³-hybridized carbons (Fsp3) is 0.500. The lowest BCUT2D eigenvalue weighted by molar-refractivity contribution is 0.254. The molecule has 7 nitrogen and oxygen atoms in total. The Morgan fingerprint density at radius 2 is 1.68 bits per heavy atom. The lowest BCUT2D eigenvalue weighted by atomic mass is 10.2. The number of ether oxygens (including phenoxy) is 1. The van der Waals surface area contributed by atoms with Crippen LogP contribution in [0.3, 0.4) is 0 Å². The fourth-order valence-electron chi connectivity index (χ4n) is 1.63. The molecule has 0 unspecified atom stereocenters. The van der Waals surface area contributed by atoms with E-state index in [1.807, 2.05) is 38.0 Å². The lowest BCUT2D eigenvalue weighted by Gasteiger charge is -2.15. The summed E-state index contributed by atoms with van der Waals surface area (Å²) in [6.07, 6.45) is 3.33. The zero-order chi connectivity index (χ0) is 13.8. The minimum Gasteiger partial charge on any atom is -0.475 e. The Bertz CT molecular complexity index is 557. The summed E-state index contributed by atoms with van der Waals surface area (Å²) in [5, 5.41) is 17.8. The van der Waals surface area contributed by atoms with E-state index >= 15 is 0 Å². The van der Waals surface area contributed by atoms with Crippen molar-refractivity contribution in [1.82, 2.24) is 25.3 Å². The molecular weight excluding hydrogens is 244 g/mol. The Balaban J connectivity index is 2.33. The van der Waals surface area contributed by atoms with Gasteiger partial charge in [0.05, 0.1) is 23.2 Å². The van der Waals surface area contributed by atoms with E-state index in [4.69, 9.17) is 4.74 Å². The molecule has 0 saturated heterocycles. The maximum Gasteiger partial charge on any atom is 0.243 e. The van der Waals surface area contributed by atoms with Crippen molar-refractivity contribution >= 4 is 16.6 Å². The molecule has 0 aromatic carbocycles. The number of hydrogen-bond acceptors (Lipinski definition) is 7. The van der Waals surface area contributed by atoms with Crippen molar-refractivity contribution in [3.05, 3.63) is 12.4 Å². The van der Waals surface area contributed by atoms with Crippen LogP contribution in [0.25, 0.3) is 10.8 Å². The third-order valence-electron chi connectivity index (χ3n) is 2.64. The van der Waals surface area contributed by atoms with E-state index in [0.29, 0.717) is 12.5 Å². The lowest BCUT2D eigenvalue weighted by Crippen LogP contribution is -2.20. The van der Waals surface area contributed by atoms with Gasteiger partial charge in [-0.1, -0.05) is 0 Å². The summed E-state index contributed by atoms with van der Waals surface area (Å²) >= 11 is 0. The molecular formula is C12H18N6O. The van der Waals surface area contributed by atoms with Gasteiger partial charge >= 0.3 is 0 Å². The second-order valence-electron chi connectivity index (χ2n) is 4.69.